The van der Waals surface area contributed by atoms with E-state index < -0.39 is 0 Å². The normalized spacial score (nSPS) is 11.9. The third-order valence-corrected chi connectivity index (χ3v) is 5.19. The fourth-order valence-electron chi connectivity index (χ4n) is 3.51. The van der Waals surface area contributed by atoms with Crippen LogP contribution in [0.25, 0.3) is 22.7 Å². The molecule has 7 heteroatoms. The summed E-state index contributed by atoms with van der Waals surface area (Å²) in [5, 5.41) is 5.59. The molecule has 1 aliphatic heterocycles. The third-order valence-electron chi connectivity index (χ3n) is 5.19. The Bertz CT molecular complexity index is 1300. The van der Waals surface area contributed by atoms with Gasteiger partial charge in [-0.1, -0.05) is 17.7 Å². The van der Waals surface area contributed by atoms with Gasteiger partial charge in [-0.15, -0.1) is 0 Å². The molecule has 0 fully saturated rings. The molecule has 160 valence electrons. The van der Waals surface area contributed by atoms with Gasteiger partial charge in [0.05, 0.1) is 0 Å². The Balaban J connectivity index is 1.26. The fraction of sp³-hybridized carbons (Fsp3) is 0.120. The van der Waals surface area contributed by atoms with Crippen LogP contribution in [0.3, 0.4) is 0 Å². The number of hydrogen-bond acceptors (Lipinski definition) is 5. The number of anilines is 2. The van der Waals surface area contributed by atoms with Crippen LogP contribution in [0.2, 0.25) is 0 Å². The maximum absolute atomic E-state index is 12.3. The Labute approximate surface area is 185 Å². The molecule has 0 saturated heterocycles. The molecule has 0 bridgehead atoms. The zero-order valence-corrected chi connectivity index (χ0v) is 17.6. The van der Waals surface area contributed by atoms with E-state index in [9.17, 15) is 4.79 Å². The zero-order valence-electron chi connectivity index (χ0n) is 17.6. The lowest BCUT2D eigenvalue weighted by Crippen LogP contribution is -2.19. The van der Waals surface area contributed by atoms with Gasteiger partial charge in [0.25, 0.3) is 0 Å². The Hall–Kier alpha value is -4.26. The van der Waals surface area contributed by atoms with Crippen molar-refractivity contribution in [3.8, 4) is 34.2 Å². The van der Waals surface area contributed by atoms with Crippen molar-refractivity contribution in [2.75, 3.05) is 17.4 Å². The van der Waals surface area contributed by atoms with E-state index in [0.717, 1.165) is 22.4 Å². The summed E-state index contributed by atoms with van der Waals surface area (Å²) in [5.41, 5.74) is 6.25. The van der Waals surface area contributed by atoms with Gasteiger partial charge in [0, 0.05) is 28.6 Å². The number of carbonyl (C=O) groups excluding carboxylic acids is 1. The SMILES string of the molecule is Cc1ccc(C)c(-c2coc(-c3ccc(NC(=O)Nc4ccc5c(c4)OCO5)cc3)n2)c1. The number of aromatic nitrogens is 1. The monoisotopic (exact) mass is 427 g/mol. The number of hydrogen-bond donors (Lipinski definition) is 2. The minimum Gasteiger partial charge on any atom is -0.454 e. The van der Waals surface area contributed by atoms with Crippen LogP contribution < -0.4 is 20.1 Å². The third kappa shape index (κ3) is 4.00. The number of nitrogens with one attached hydrogen (secondary N) is 2. The molecule has 2 amide bonds. The van der Waals surface area contributed by atoms with E-state index in [2.05, 4.69) is 47.7 Å². The summed E-state index contributed by atoms with van der Waals surface area (Å²) in [6.45, 7) is 4.30. The molecule has 2 N–H and O–H groups in total. The topological polar surface area (TPSA) is 85.6 Å². The lowest BCUT2D eigenvalue weighted by Gasteiger charge is -2.08. The van der Waals surface area contributed by atoms with Gasteiger partial charge in [0.1, 0.15) is 12.0 Å². The number of urea groups is 1. The maximum Gasteiger partial charge on any atom is 0.323 e. The van der Waals surface area contributed by atoms with Gasteiger partial charge in [0.2, 0.25) is 12.7 Å². The van der Waals surface area contributed by atoms with Crippen LogP contribution in [0, 0.1) is 13.8 Å². The molecular weight excluding hydrogens is 406 g/mol. The molecule has 3 aromatic carbocycles. The largest absolute Gasteiger partial charge is 0.454 e. The summed E-state index contributed by atoms with van der Waals surface area (Å²) in [5.74, 6) is 1.80. The second-order valence-electron chi connectivity index (χ2n) is 7.58. The second-order valence-corrected chi connectivity index (χ2v) is 7.58. The predicted octanol–water partition coefficient (Wildman–Crippen LogP) is 6.00. The smallest absolute Gasteiger partial charge is 0.323 e. The Morgan fingerprint density at radius 2 is 1.62 bits per heavy atom. The predicted molar refractivity (Wildman–Crippen MR) is 122 cm³/mol. The first-order valence-corrected chi connectivity index (χ1v) is 10.2. The number of oxazole rings is 1. The van der Waals surface area contributed by atoms with Crippen LogP contribution in [0.1, 0.15) is 11.1 Å². The van der Waals surface area contributed by atoms with Crippen molar-refractivity contribution in [3.05, 3.63) is 78.1 Å². The molecule has 0 saturated carbocycles. The summed E-state index contributed by atoms with van der Waals surface area (Å²) in [6.07, 6.45) is 1.67. The molecule has 5 rings (SSSR count). The highest BCUT2D eigenvalue weighted by Crippen LogP contribution is 2.34. The van der Waals surface area contributed by atoms with Gasteiger partial charge in [0.15, 0.2) is 11.5 Å². The van der Waals surface area contributed by atoms with Gasteiger partial charge in [-0.3, -0.25) is 0 Å². The summed E-state index contributed by atoms with van der Waals surface area (Å²) in [6, 6.07) is 18.5. The molecule has 0 radical (unpaired) electrons. The lowest BCUT2D eigenvalue weighted by atomic mass is 10.0. The van der Waals surface area contributed by atoms with E-state index in [-0.39, 0.29) is 12.8 Å². The van der Waals surface area contributed by atoms with Crippen LogP contribution >= 0.6 is 0 Å². The minimum absolute atomic E-state index is 0.188. The Morgan fingerprint density at radius 1 is 0.875 bits per heavy atom. The van der Waals surface area contributed by atoms with E-state index >= 15 is 0 Å². The molecule has 2 heterocycles. The highest BCUT2D eigenvalue weighted by atomic mass is 16.7. The van der Waals surface area contributed by atoms with Gasteiger partial charge < -0.3 is 24.5 Å². The van der Waals surface area contributed by atoms with Gasteiger partial charge in [-0.05, 0) is 61.9 Å². The number of fused-ring (bicyclic) bond motifs is 1. The van der Waals surface area contributed by atoms with Crippen molar-refractivity contribution >= 4 is 17.4 Å². The van der Waals surface area contributed by atoms with Crippen molar-refractivity contribution in [1.82, 2.24) is 4.98 Å². The molecule has 32 heavy (non-hydrogen) atoms. The number of benzene rings is 3. The van der Waals surface area contributed by atoms with E-state index in [4.69, 9.17) is 13.9 Å². The quantitative estimate of drug-likeness (QED) is 0.417. The number of rotatable bonds is 4. The summed E-state index contributed by atoms with van der Waals surface area (Å²) >= 11 is 0. The van der Waals surface area contributed by atoms with E-state index in [1.807, 2.05) is 12.1 Å². The number of aryl methyl sites for hydroxylation is 2. The molecule has 7 nitrogen and oxygen atoms in total. The number of amides is 2. The standard InChI is InChI=1S/C25H21N3O4/c1-15-3-4-16(2)20(11-15)21-13-30-24(28-21)17-5-7-18(8-6-17)26-25(29)27-19-9-10-22-23(12-19)32-14-31-22/h3-13H,14H2,1-2H3,(H2,26,27,29). The molecule has 0 atom stereocenters. The minimum atomic E-state index is -0.357. The maximum atomic E-state index is 12.3. The highest BCUT2D eigenvalue weighted by Gasteiger charge is 2.15. The molecule has 0 spiro atoms. The number of nitrogens with zero attached hydrogens (tertiary/aromatic N) is 1. The summed E-state index contributed by atoms with van der Waals surface area (Å²) in [4.78, 5) is 17.0. The molecular formula is C25H21N3O4. The van der Waals surface area contributed by atoms with Crippen molar-refractivity contribution in [1.29, 1.82) is 0 Å². The van der Waals surface area contributed by atoms with Crippen molar-refractivity contribution in [2.24, 2.45) is 0 Å². The zero-order chi connectivity index (χ0) is 22.1. The van der Waals surface area contributed by atoms with Crippen LogP contribution in [-0.4, -0.2) is 17.8 Å². The highest BCUT2D eigenvalue weighted by molar-refractivity contribution is 6.00. The van der Waals surface area contributed by atoms with E-state index in [1.54, 1.807) is 36.6 Å². The first kappa shape index (κ1) is 19.7. The van der Waals surface area contributed by atoms with Crippen LogP contribution in [0.4, 0.5) is 16.2 Å². The van der Waals surface area contributed by atoms with E-state index in [1.165, 1.54) is 5.56 Å². The fourth-order valence-corrected chi connectivity index (χ4v) is 3.51. The molecule has 1 aliphatic rings. The van der Waals surface area contributed by atoms with Gasteiger partial charge in [-0.25, -0.2) is 9.78 Å². The number of ether oxygens (including phenoxy) is 2. The first-order chi connectivity index (χ1) is 15.5. The van der Waals surface area contributed by atoms with Gasteiger partial charge >= 0.3 is 6.03 Å². The van der Waals surface area contributed by atoms with Gasteiger partial charge in [-0.2, -0.15) is 0 Å². The average Bonchev–Trinajstić information content (AvgIpc) is 3.45. The van der Waals surface area contributed by atoms with Crippen LogP contribution in [0.15, 0.2) is 71.3 Å². The van der Waals surface area contributed by atoms with Crippen LogP contribution in [0.5, 0.6) is 11.5 Å². The first-order valence-electron chi connectivity index (χ1n) is 10.2. The van der Waals surface area contributed by atoms with Crippen molar-refractivity contribution in [2.45, 2.75) is 13.8 Å². The molecule has 0 unspecified atom stereocenters. The van der Waals surface area contributed by atoms with Crippen molar-refractivity contribution < 1.29 is 18.7 Å². The number of carbonyl (C=O) groups is 1. The van der Waals surface area contributed by atoms with Crippen LogP contribution in [-0.2, 0) is 0 Å². The average molecular weight is 427 g/mol. The van der Waals surface area contributed by atoms with Crippen molar-refractivity contribution in [3.63, 3.8) is 0 Å². The Kier molecular flexibility index (Phi) is 4.99. The second kappa shape index (κ2) is 8.11. The molecule has 1 aromatic heterocycles. The lowest BCUT2D eigenvalue weighted by molar-refractivity contribution is 0.174. The molecule has 0 aliphatic carbocycles. The Morgan fingerprint density at radius 3 is 2.47 bits per heavy atom. The molecule has 4 aromatic rings. The van der Waals surface area contributed by atoms with E-state index in [0.29, 0.717) is 28.8 Å². The summed E-state index contributed by atoms with van der Waals surface area (Å²) in [7, 11) is 0. The summed E-state index contributed by atoms with van der Waals surface area (Å²) < 4.78 is 16.3.